The Labute approximate surface area is 157 Å². The van der Waals surface area contributed by atoms with Gasteiger partial charge in [0.2, 0.25) is 0 Å². The van der Waals surface area contributed by atoms with Crippen LogP contribution < -0.4 is 0 Å². The van der Waals surface area contributed by atoms with Crippen molar-refractivity contribution in [3.63, 3.8) is 0 Å². The molecule has 6 unspecified atom stereocenters. The molecule has 2 heteroatoms. The van der Waals surface area contributed by atoms with Gasteiger partial charge in [0.05, 0.1) is 0 Å². The van der Waals surface area contributed by atoms with Crippen molar-refractivity contribution in [1.82, 2.24) is 0 Å². The van der Waals surface area contributed by atoms with Gasteiger partial charge in [-0.25, -0.2) is 8.78 Å². The SMILES string of the molecule is CCCC1CC2CC(C3CCC(c4ccc(C)cc4)CC3)C(F)C2C1F. The van der Waals surface area contributed by atoms with E-state index >= 15 is 4.39 Å². The van der Waals surface area contributed by atoms with E-state index in [4.69, 9.17) is 0 Å². The lowest BCUT2D eigenvalue weighted by Crippen LogP contribution is -2.31. The molecule has 0 nitrogen and oxygen atoms in total. The maximum Gasteiger partial charge on any atom is 0.109 e. The Morgan fingerprint density at radius 3 is 2.19 bits per heavy atom. The van der Waals surface area contributed by atoms with Gasteiger partial charge in [0, 0.05) is 5.92 Å². The number of alkyl halides is 2. The molecule has 3 saturated carbocycles. The number of hydrogen-bond acceptors (Lipinski definition) is 0. The van der Waals surface area contributed by atoms with Crippen molar-refractivity contribution in [2.24, 2.45) is 29.6 Å². The van der Waals surface area contributed by atoms with Crippen LogP contribution in [0.3, 0.4) is 0 Å². The molecule has 0 radical (unpaired) electrons. The summed E-state index contributed by atoms with van der Waals surface area (Å²) in [5.41, 5.74) is 2.75. The van der Waals surface area contributed by atoms with Crippen molar-refractivity contribution in [1.29, 1.82) is 0 Å². The fraction of sp³-hybridized carbons (Fsp3) is 0.750. The number of hydrogen-bond donors (Lipinski definition) is 0. The van der Waals surface area contributed by atoms with Crippen molar-refractivity contribution in [3.05, 3.63) is 35.4 Å². The molecule has 3 aliphatic rings. The molecule has 1 aromatic rings. The molecule has 0 saturated heterocycles. The third-order valence-electron chi connectivity index (χ3n) is 7.91. The van der Waals surface area contributed by atoms with Gasteiger partial charge < -0.3 is 0 Å². The summed E-state index contributed by atoms with van der Waals surface area (Å²) in [5, 5.41) is 0. The monoisotopic (exact) mass is 360 g/mol. The van der Waals surface area contributed by atoms with E-state index in [0.29, 0.717) is 17.8 Å². The first-order valence-electron chi connectivity index (χ1n) is 10.9. The molecule has 0 heterocycles. The molecule has 26 heavy (non-hydrogen) atoms. The second kappa shape index (κ2) is 7.60. The number of rotatable bonds is 4. The smallest absolute Gasteiger partial charge is 0.109 e. The first-order chi connectivity index (χ1) is 12.6. The molecular weight excluding hydrogens is 326 g/mol. The molecule has 144 valence electrons. The lowest BCUT2D eigenvalue weighted by Gasteiger charge is -2.34. The molecule has 4 rings (SSSR count). The van der Waals surface area contributed by atoms with Crippen LogP contribution in [0.5, 0.6) is 0 Å². The Bertz CT molecular complexity index is 587. The van der Waals surface area contributed by atoms with Gasteiger partial charge >= 0.3 is 0 Å². The summed E-state index contributed by atoms with van der Waals surface area (Å²) in [4.78, 5) is 0. The van der Waals surface area contributed by atoms with E-state index in [0.717, 1.165) is 38.5 Å². The predicted molar refractivity (Wildman–Crippen MR) is 104 cm³/mol. The summed E-state index contributed by atoms with van der Waals surface area (Å²) in [6.45, 7) is 4.24. The zero-order valence-electron chi connectivity index (χ0n) is 16.3. The molecular formula is C24H34F2. The first-order valence-corrected chi connectivity index (χ1v) is 10.9. The third kappa shape index (κ3) is 3.34. The van der Waals surface area contributed by atoms with E-state index in [1.54, 1.807) is 0 Å². The normalized spacial score (nSPS) is 42.8. The molecule has 1 aromatic carbocycles. The van der Waals surface area contributed by atoms with E-state index in [9.17, 15) is 4.39 Å². The van der Waals surface area contributed by atoms with Crippen molar-refractivity contribution in [3.8, 4) is 0 Å². The minimum Gasteiger partial charge on any atom is -0.247 e. The Kier molecular flexibility index (Phi) is 5.39. The Morgan fingerprint density at radius 1 is 0.885 bits per heavy atom. The Balaban J connectivity index is 1.35. The van der Waals surface area contributed by atoms with Crippen molar-refractivity contribution < 1.29 is 8.78 Å². The Hall–Kier alpha value is -0.920. The van der Waals surface area contributed by atoms with E-state index < -0.39 is 12.3 Å². The van der Waals surface area contributed by atoms with Gasteiger partial charge in [0.1, 0.15) is 12.3 Å². The van der Waals surface area contributed by atoms with E-state index in [1.165, 1.54) is 24.0 Å². The molecule has 0 spiro atoms. The van der Waals surface area contributed by atoms with Crippen molar-refractivity contribution in [2.45, 2.75) is 83.5 Å². The molecule has 6 atom stereocenters. The van der Waals surface area contributed by atoms with Gasteiger partial charge in [0.15, 0.2) is 0 Å². The number of aryl methyl sites for hydroxylation is 1. The quantitative estimate of drug-likeness (QED) is 0.541. The highest BCUT2D eigenvalue weighted by molar-refractivity contribution is 5.25. The van der Waals surface area contributed by atoms with Crippen LogP contribution >= 0.6 is 0 Å². The lowest BCUT2D eigenvalue weighted by molar-refractivity contribution is 0.0809. The summed E-state index contributed by atoms with van der Waals surface area (Å²) >= 11 is 0. The second-order valence-corrected chi connectivity index (χ2v) is 9.43. The highest BCUT2D eigenvalue weighted by Gasteiger charge is 2.56. The topological polar surface area (TPSA) is 0 Å². The van der Waals surface area contributed by atoms with Crippen molar-refractivity contribution >= 4 is 0 Å². The molecule has 3 aliphatic carbocycles. The largest absolute Gasteiger partial charge is 0.247 e. The number of fused-ring (bicyclic) bond motifs is 1. The minimum absolute atomic E-state index is 0.129. The van der Waals surface area contributed by atoms with E-state index in [-0.39, 0.29) is 17.8 Å². The number of benzene rings is 1. The highest BCUT2D eigenvalue weighted by Crippen LogP contribution is 2.56. The zero-order valence-corrected chi connectivity index (χ0v) is 16.3. The summed E-state index contributed by atoms with van der Waals surface area (Å²) in [6, 6.07) is 8.93. The maximum atomic E-state index is 15.2. The third-order valence-corrected chi connectivity index (χ3v) is 7.91. The Morgan fingerprint density at radius 2 is 1.58 bits per heavy atom. The van der Waals surface area contributed by atoms with Crippen LogP contribution in [-0.4, -0.2) is 12.3 Å². The van der Waals surface area contributed by atoms with Gasteiger partial charge in [-0.3, -0.25) is 0 Å². The summed E-state index contributed by atoms with van der Waals surface area (Å²) < 4.78 is 30.0. The molecule has 0 aliphatic heterocycles. The lowest BCUT2D eigenvalue weighted by atomic mass is 9.72. The van der Waals surface area contributed by atoms with Gasteiger partial charge in [-0.2, -0.15) is 0 Å². The predicted octanol–water partition coefficient (Wildman–Crippen LogP) is 7.02. The molecule has 0 N–H and O–H groups in total. The van der Waals surface area contributed by atoms with Gasteiger partial charge in [-0.15, -0.1) is 0 Å². The summed E-state index contributed by atoms with van der Waals surface area (Å²) in [5.74, 6) is 1.40. The average Bonchev–Trinajstić information content (AvgIpc) is 3.13. The first kappa shape index (κ1) is 18.4. The highest BCUT2D eigenvalue weighted by atomic mass is 19.1. The summed E-state index contributed by atoms with van der Waals surface area (Å²) in [6.07, 6.45) is 6.66. The molecule has 3 fully saturated rings. The fourth-order valence-electron chi connectivity index (χ4n) is 6.52. The number of halogens is 2. The fourth-order valence-corrected chi connectivity index (χ4v) is 6.52. The van der Waals surface area contributed by atoms with Crippen molar-refractivity contribution in [2.75, 3.05) is 0 Å². The second-order valence-electron chi connectivity index (χ2n) is 9.43. The zero-order chi connectivity index (χ0) is 18.3. The average molecular weight is 361 g/mol. The van der Waals surface area contributed by atoms with E-state index in [2.05, 4.69) is 38.1 Å². The van der Waals surface area contributed by atoms with Crippen LogP contribution in [-0.2, 0) is 0 Å². The van der Waals surface area contributed by atoms with Gasteiger partial charge in [0.25, 0.3) is 0 Å². The van der Waals surface area contributed by atoms with Gasteiger partial charge in [-0.05, 0) is 87.0 Å². The van der Waals surface area contributed by atoms with Crippen LogP contribution in [0.25, 0.3) is 0 Å². The van der Waals surface area contributed by atoms with Crippen LogP contribution in [0, 0.1) is 36.5 Å². The van der Waals surface area contributed by atoms with E-state index in [1.807, 2.05) is 0 Å². The molecule has 0 bridgehead atoms. The van der Waals surface area contributed by atoms with Crippen LogP contribution in [0.2, 0.25) is 0 Å². The summed E-state index contributed by atoms with van der Waals surface area (Å²) in [7, 11) is 0. The molecule has 0 aromatic heterocycles. The van der Waals surface area contributed by atoms with Crippen LogP contribution in [0.1, 0.15) is 75.3 Å². The molecule has 0 amide bonds. The van der Waals surface area contributed by atoms with Gasteiger partial charge in [-0.1, -0.05) is 43.2 Å². The van der Waals surface area contributed by atoms with Crippen LogP contribution in [0.4, 0.5) is 8.78 Å². The standard InChI is InChI=1S/C24H34F2/c1-3-4-19-13-20-14-21(24(26)22(20)23(19)25)18-11-9-17(10-12-18)16-7-5-15(2)6-8-16/h5-8,17-24H,3-4,9-14H2,1-2H3. The van der Waals surface area contributed by atoms with Crippen LogP contribution in [0.15, 0.2) is 24.3 Å². The maximum absolute atomic E-state index is 15.2. The minimum atomic E-state index is -0.891.